The number of hydrogen-bond donors (Lipinski definition) is 2. The van der Waals surface area contributed by atoms with Crippen molar-refractivity contribution in [2.45, 2.75) is 46.5 Å². The van der Waals surface area contributed by atoms with Crippen LogP contribution in [0.2, 0.25) is 0 Å². The number of primary amides is 1. The van der Waals surface area contributed by atoms with Gasteiger partial charge >= 0.3 is 0 Å². The zero-order chi connectivity index (χ0) is 14.7. The smallest absolute Gasteiger partial charge is 0.225 e. The Morgan fingerprint density at radius 3 is 2.42 bits per heavy atom. The van der Waals surface area contributed by atoms with E-state index in [1.54, 1.807) is 4.90 Å². The number of nitrogens with two attached hydrogens (primary N) is 2. The molecule has 2 amide bonds. The second-order valence-electron chi connectivity index (χ2n) is 6.69. The van der Waals surface area contributed by atoms with Crippen molar-refractivity contribution in [3.8, 4) is 0 Å². The first kappa shape index (κ1) is 16.0. The van der Waals surface area contributed by atoms with E-state index in [-0.39, 0.29) is 17.2 Å². The molecule has 5 heteroatoms. The quantitative estimate of drug-likeness (QED) is 0.749. The summed E-state index contributed by atoms with van der Waals surface area (Å²) in [5.41, 5.74) is 10.5. The summed E-state index contributed by atoms with van der Waals surface area (Å²) in [4.78, 5) is 25.3. The molecule has 0 aromatic heterocycles. The molecule has 0 radical (unpaired) electrons. The number of likely N-dealkylation sites (tertiary alicyclic amines) is 1. The number of carbonyl (C=O) groups is 2. The fourth-order valence-corrected chi connectivity index (χ4v) is 2.49. The molecule has 1 fully saturated rings. The lowest BCUT2D eigenvalue weighted by molar-refractivity contribution is -0.132. The van der Waals surface area contributed by atoms with Crippen molar-refractivity contribution >= 4 is 11.8 Å². The van der Waals surface area contributed by atoms with E-state index in [1.807, 2.05) is 6.92 Å². The third-order valence-electron chi connectivity index (χ3n) is 4.26. The fraction of sp³-hybridized carbons (Fsp3) is 0.857. The van der Waals surface area contributed by atoms with Gasteiger partial charge in [-0.15, -0.1) is 0 Å². The molecule has 1 aliphatic rings. The normalized spacial score (nSPS) is 23.7. The van der Waals surface area contributed by atoms with Crippen molar-refractivity contribution in [3.05, 3.63) is 0 Å². The molecule has 5 nitrogen and oxygen atoms in total. The van der Waals surface area contributed by atoms with Gasteiger partial charge in [0.05, 0.1) is 5.41 Å². The Morgan fingerprint density at radius 2 is 1.95 bits per heavy atom. The minimum atomic E-state index is -0.553. The predicted octanol–water partition coefficient (Wildman–Crippen LogP) is 0.866. The molecule has 19 heavy (non-hydrogen) atoms. The summed E-state index contributed by atoms with van der Waals surface area (Å²) in [5.74, 6) is -0.193. The van der Waals surface area contributed by atoms with E-state index in [0.717, 1.165) is 12.8 Å². The highest BCUT2D eigenvalue weighted by Gasteiger charge is 2.40. The van der Waals surface area contributed by atoms with E-state index in [1.165, 1.54) is 0 Å². The van der Waals surface area contributed by atoms with Crippen LogP contribution in [0.5, 0.6) is 0 Å². The minimum absolute atomic E-state index is 0.0944. The van der Waals surface area contributed by atoms with E-state index in [9.17, 15) is 9.59 Å². The molecule has 110 valence electrons. The Kier molecular flexibility index (Phi) is 4.96. The highest BCUT2D eigenvalue weighted by molar-refractivity contribution is 5.83. The van der Waals surface area contributed by atoms with Crippen molar-refractivity contribution in [1.82, 2.24) is 4.90 Å². The summed E-state index contributed by atoms with van der Waals surface area (Å²) in [6.45, 7) is 7.83. The Balaban J connectivity index is 2.46. The van der Waals surface area contributed by atoms with Crippen LogP contribution in [0.25, 0.3) is 0 Å². The standard InChI is InChI=1S/C14H27N3O2/c1-13(2,6-8-15)5-4-11(18)17-9-7-14(3,10-17)12(16)19/h4-10,15H2,1-3H3,(H2,16,19). The lowest BCUT2D eigenvalue weighted by Gasteiger charge is -2.25. The zero-order valence-corrected chi connectivity index (χ0v) is 12.4. The molecule has 1 unspecified atom stereocenters. The van der Waals surface area contributed by atoms with E-state index in [4.69, 9.17) is 11.5 Å². The van der Waals surface area contributed by atoms with Gasteiger partial charge in [0.25, 0.3) is 0 Å². The molecule has 4 N–H and O–H groups in total. The molecule has 0 saturated carbocycles. The summed E-state index contributed by atoms with van der Waals surface area (Å²) in [5, 5.41) is 0. The average molecular weight is 269 g/mol. The topological polar surface area (TPSA) is 89.4 Å². The molecule has 0 spiro atoms. The Hall–Kier alpha value is -1.10. The lowest BCUT2D eigenvalue weighted by Crippen LogP contribution is -2.38. The molecule has 1 heterocycles. The highest BCUT2D eigenvalue weighted by Crippen LogP contribution is 2.31. The van der Waals surface area contributed by atoms with Crippen molar-refractivity contribution in [3.63, 3.8) is 0 Å². The van der Waals surface area contributed by atoms with Crippen LogP contribution in [0.1, 0.15) is 46.5 Å². The SMILES string of the molecule is CC(C)(CCN)CCC(=O)N1CCC(C)(C(N)=O)C1. The maximum Gasteiger partial charge on any atom is 0.225 e. The molecular formula is C14H27N3O2. The largest absolute Gasteiger partial charge is 0.369 e. The summed E-state index contributed by atoms with van der Waals surface area (Å²) < 4.78 is 0. The van der Waals surface area contributed by atoms with Crippen LogP contribution in [0.4, 0.5) is 0 Å². The van der Waals surface area contributed by atoms with Crippen LogP contribution in [-0.4, -0.2) is 36.3 Å². The van der Waals surface area contributed by atoms with Crippen molar-refractivity contribution in [2.75, 3.05) is 19.6 Å². The van der Waals surface area contributed by atoms with Crippen molar-refractivity contribution in [1.29, 1.82) is 0 Å². The first-order valence-corrected chi connectivity index (χ1v) is 6.98. The summed E-state index contributed by atoms with van der Waals surface area (Å²) in [7, 11) is 0. The van der Waals surface area contributed by atoms with Crippen LogP contribution in [-0.2, 0) is 9.59 Å². The zero-order valence-electron chi connectivity index (χ0n) is 12.4. The maximum absolute atomic E-state index is 12.1. The summed E-state index contributed by atoms with van der Waals surface area (Å²) >= 11 is 0. The second kappa shape index (κ2) is 5.90. The first-order chi connectivity index (χ1) is 8.70. The highest BCUT2D eigenvalue weighted by atomic mass is 16.2. The molecular weight excluding hydrogens is 242 g/mol. The van der Waals surface area contributed by atoms with Gasteiger partial charge in [-0.05, 0) is 38.1 Å². The third-order valence-corrected chi connectivity index (χ3v) is 4.26. The van der Waals surface area contributed by atoms with Crippen LogP contribution in [0, 0.1) is 10.8 Å². The first-order valence-electron chi connectivity index (χ1n) is 6.98. The minimum Gasteiger partial charge on any atom is -0.369 e. The molecule has 0 aromatic carbocycles. The van der Waals surface area contributed by atoms with Gasteiger partial charge in [-0.1, -0.05) is 13.8 Å². The van der Waals surface area contributed by atoms with Gasteiger partial charge in [0.15, 0.2) is 0 Å². The molecule has 1 rings (SSSR count). The maximum atomic E-state index is 12.1. The molecule has 0 aliphatic carbocycles. The van der Waals surface area contributed by atoms with Crippen molar-refractivity contribution < 1.29 is 9.59 Å². The summed E-state index contributed by atoms with van der Waals surface area (Å²) in [6, 6.07) is 0. The fourth-order valence-electron chi connectivity index (χ4n) is 2.49. The van der Waals surface area contributed by atoms with E-state index >= 15 is 0 Å². The van der Waals surface area contributed by atoms with Crippen LogP contribution >= 0.6 is 0 Å². The van der Waals surface area contributed by atoms with Gasteiger partial charge in [-0.2, -0.15) is 0 Å². The summed E-state index contributed by atoms with van der Waals surface area (Å²) in [6.07, 6.45) is 2.92. The Labute approximate surface area is 115 Å². The van der Waals surface area contributed by atoms with E-state index in [2.05, 4.69) is 13.8 Å². The predicted molar refractivity (Wildman–Crippen MR) is 75.2 cm³/mol. The van der Waals surface area contributed by atoms with Crippen LogP contribution < -0.4 is 11.5 Å². The van der Waals surface area contributed by atoms with Gasteiger partial charge < -0.3 is 16.4 Å². The number of carbonyl (C=O) groups excluding carboxylic acids is 2. The number of amides is 2. The number of rotatable bonds is 6. The van der Waals surface area contributed by atoms with Crippen LogP contribution in [0.3, 0.4) is 0 Å². The van der Waals surface area contributed by atoms with Crippen molar-refractivity contribution in [2.24, 2.45) is 22.3 Å². The Morgan fingerprint density at radius 1 is 1.32 bits per heavy atom. The van der Waals surface area contributed by atoms with Gasteiger partial charge in [-0.25, -0.2) is 0 Å². The molecule has 0 bridgehead atoms. The van der Waals surface area contributed by atoms with Gasteiger partial charge in [0, 0.05) is 19.5 Å². The third kappa shape index (κ3) is 4.20. The van der Waals surface area contributed by atoms with Gasteiger partial charge in [-0.3, -0.25) is 9.59 Å². The second-order valence-corrected chi connectivity index (χ2v) is 6.69. The molecule has 0 aromatic rings. The lowest BCUT2D eigenvalue weighted by atomic mass is 9.84. The average Bonchev–Trinajstić information content (AvgIpc) is 2.70. The molecule has 1 aliphatic heterocycles. The Bertz CT molecular complexity index is 355. The molecule has 1 saturated heterocycles. The van der Waals surface area contributed by atoms with Crippen LogP contribution in [0.15, 0.2) is 0 Å². The number of hydrogen-bond acceptors (Lipinski definition) is 3. The monoisotopic (exact) mass is 269 g/mol. The molecule has 1 atom stereocenters. The van der Waals surface area contributed by atoms with Gasteiger partial charge in [0.1, 0.15) is 0 Å². The van der Waals surface area contributed by atoms with E-state index in [0.29, 0.717) is 32.5 Å². The van der Waals surface area contributed by atoms with E-state index < -0.39 is 5.41 Å². The number of nitrogens with zero attached hydrogens (tertiary/aromatic N) is 1. The van der Waals surface area contributed by atoms with Gasteiger partial charge in [0.2, 0.25) is 11.8 Å².